The third-order valence-corrected chi connectivity index (χ3v) is 9.84. The van der Waals surface area contributed by atoms with E-state index < -0.39 is 5.91 Å². The number of carbonyl (C=O) groups is 1. The molecule has 0 unspecified atom stereocenters. The van der Waals surface area contributed by atoms with Crippen LogP contribution in [-0.2, 0) is 4.79 Å². The molecule has 6 atom stereocenters. The van der Waals surface area contributed by atoms with Crippen LogP contribution in [0.5, 0.6) is 5.75 Å². The van der Waals surface area contributed by atoms with E-state index in [1.807, 2.05) is 24.3 Å². The second-order valence-electron chi connectivity index (χ2n) is 11.5. The Kier molecular flexibility index (Phi) is 5.92. The molecule has 0 heterocycles. The van der Waals surface area contributed by atoms with Crippen LogP contribution in [0.4, 0.5) is 0 Å². The van der Waals surface area contributed by atoms with Crippen LogP contribution in [0.2, 0.25) is 0 Å². The molecule has 0 aromatic heterocycles. The van der Waals surface area contributed by atoms with Crippen LogP contribution in [0.1, 0.15) is 64.4 Å². The van der Waals surface area contributed by atoms with Gasteiger partial charge < -0.3 is 15.6 Å². The lowest BCUT2D eigenvalue weighted by atomic mass is 9.47. The number of ether oxygens (including phenoxy) is 1. The van der Waals surface area contributed by atoms with Crippen molar-refractivity contribution in [2.75, 3.05) is 7.11 Å². The van der Waals surface area contributed by atoms with E-state index in [1.165, 1.54) is 5.57 Å². The third-order valence-electron chi connectivity index (χ3n) is 9.84. The number of nitrogens with zero attached hydrogens (tertiary/aromatic N) is 1. The standard InChI is InChI=1S/C30H36N2O3/c1-29-11-9-21(33)16-20(29)7-8-23-25(29)10-12-30(2)26(23)15-19(27(30)24(17-31)28(32)34)13-18-5-4-6-22(14-18)35-3/h4-7,13-14,21,23,25-26,33H,8-12,15-16H2,1-3H3,(H2,32,34)/b19-13+,27-24-/t21-,23+,25-,26-,29-,30-/m0/s1. The summed E-state index contributed by atoms with van der Waals surface area (Å²) in [5.74, 6) is 1.53. The number of rotatable bonds is 3. The predicted molar refractivity (Wildman–Crippen MR) is 136 cm³/mol. The molecule has 35 heavy (non-hydrogen) atoms. The Morgan fingerprint density at radius 2 is 1.97 bits per heavy atom. The molecule has 4 aliphatic carbocycles. The maximum Gasteiger partial charge on any atom is 0.259 e. The van der Waals surface area contributed by atoms with Gasteiger partial charge >= 0.3 is 0 Å². The van der Waals surface area contributed by atoms with Gasteiger partial charge in [-0.2, -0.15) is 5.26 Å². The fraction of sp³-hybridized carbons (Fsp3) is 0.533. The molecular formula is C30H36N2O3. The van der Waals surface area contributed by atoms with Crippen molar-refractivity contribution in [3.05, 3.63) is 58.2 Å². The van der Waals surface area contributed by atoms with Gasteiger partial charge in [0.25, 0.3) is 5.91 Å². The van der Waals surface area contributed by atoms with Crippen LogP contribution in [-0.4, -0.2) is 24.2 Å². The summed E-state index contributed by atoms with van der Waals surface area (Å²) in [4.78, 5) is 12.4. The maximum atomic E-state index is 12.4. The molecule has 0 spiro atoms. The number of amides is 1. The number of fused-ring (bicyclic) bond motifs is 5. The molecule has 4 aliphatic rings. The molecule has 184 valence electrons. The van der Waals surface area contributed by atoms with Crippen LogP contribution in [0.3, 0.4) is 0 Å². The van der Waals surface area contributed by atoms with Gasteiger partial charge in [0, 0.05) is 0 Å². The number of carbonyl (C=O) groups excluding carboxylic acids is 1. The summed E-state index contributed by atoms with van der Waals surface area (Å²) in [7, 11) is 1.65. The summed E-state index contributed by atoms with van der Waals surface area (Å²) in [6.45, 7) is 4.66. The number of nitriles is 1. The SMILES string of the molecule is COc1cccc(/C=C2\C[C@H]3[C@@H]4CC=C5C[C@@H](O)CC[C@]5(C)[C@H]4CC[C@]3(C)\C2=C(\C#N)C(N)=O)c1. The topological polar surface area (TPSA) is 96.3 Å². The van der Waals surface area contributed by atoms with Gasteiger partial charge in [0.15, 0.2) is 0 Å². The van der Waals surface area contributed by atoms with Gasteiger partial charge in [-0.25, -0.2) is 0 Å². The van der Waals surface area contributed by atoms with E-state index in [-0.39, 0.29) is 22.5 Å². The Morgan fingerprint density at radius 3 is 2.69 bits per heavy atom. The fourth-order valence-corrected chi connectivity index (χ4v) is 8.10. The molecular weight excluding hydrogens is 436 g/mol. The lowest BCUT2D eigenvalue weighted by Crippen LogP contribution is -2.49. The normalized spacial score (nSPS) is 38.5. The second kappa shape index (κ2) is 8.68. The number of nitrogens with two attached hydrogens (primary N) is 1. The maximum absolute atomic E-state index is 12.4. The number of allylic oxidation sites excluding steroid dienone is 3. The lowest BCUT2D eigenvalue weighted by Gasteiger charge is -2.57. The smallest absolute Gasteiger partial charge is 0.259 e. The van der Waals surface area contributed by atoms with Crippen LogP contribution < -0.4 is 10.5 Å². The number of hydrogen-bond acceptors (Lipinski definition) is 4. The average molecular weight is 473 g/mol. The van der Waals surface area contributed by atoms with E-state index >= 15 is 0 Å². The minimum absolute atomic E-state index is 0.113. The summed E-state index contributed by atoms with van der Waals surface area (Å²) in [5.41, 5.74) is 10.1. The lowest BCUT2D eigenvalue weighted by molar-refractivity contribution is -0.114. The predicted octanol–water partition coefficient (Wildman–Crippen LogP) is 5.32. The molecule has 3 saturated carbocycles. The zero-order valence-electron chi connectivity index (χ0n) is 21.0. The highest BCUT2D eigenvalue weighted by Gasteiger charge is 2.59. The first-order chi connectivity index (χ1) is 16.7. The summed E-state index contributed by atoms with van der Waals surface area (Å²) in [6.07, 6.45) is 10.9. The average Bonchev–Trinajstić information content (AvgIpc) is 3.12. The first-order valence-electron chi connectivity index (χ1n) is 12.9. The first kappa shape index (κ1) is 23.9. The summed E-state index contributed by atoms with van der Waals surface area (Å²) < 4.78 is 5.42. The van der Waals surface area contributed by atoms with Crippen LogP contribution >= 0.6 is 0 Å². The largest absolute Gasteiger partial charge is 0.497 e. The van der Waals surface area contributed by atoms with E-state index in [4.69, 9.17) is 10.5 Å². The van der Waals surface area contributed by atoms with Crippen molar-refractivity contribution in [1.82, 2.24) is 0 Å². The molecule has 5 heteroatoms. The molecule has 0 radical (unpaired) electrons. The molecule has 3 fully saturated rings. The Morgan fingerprint density at radius 1 is 1.20 bits per heavy atom. The molecule has 1 aromatic carbocycles. The number of hydrogen-bond donors (Lipinski definition) is 2. The Labute approximate surface area is 208 Å². The second-order valence-corrected chi connectivity index (χ2v) is 11.5. The molecule has 5 nitrogen and oxygen atoms in total. The number of benzene rings is 1. The monoisotopic (exact) mass is 472 g/mol. The van der Waals surface area contributed by atoms with Crippen molar-refractivity contribution in [1.29, 1.82) is 5.26 Å². The van der Waals surface area contributed by atoms with Crippen molar-refractivity contribution >= 4 is 12.0 Å². The molecule has 1 aromatic rings. The highest BCUT2D eigenvalue weighted by molar-refractivity contribution is 5.98. The zero-order valence-corrected chi connectivity index (χ0v) is 21.0. The van der Waals surface area contributed by atoms with Gasteiger partial charge in [-0.15, -0.1) is 0 Å². The van der Waals surface area contributed by atoms with E-state index in [0.29, 0.717) is 17.8 Å². The third kappa shape index (κ3) is 3.74. The van der Waals surface area contributed by atoms with Crippen molar-refractivity contribution in [2.24, 2.45) is 34.3 Å². The summed E-state index contributed by atoms with van der Waals surface area (Å²) >= 11 is 0. The van der Waals surface area contributed by atoms with Gasteiger partial charge in [0.1, 0.15) is 17.4 Å². The molecule has 5 rings (SSSR count). The van der Waals surface area contributed by atoms with Gasteiger partial charge in [-0.3, -0.25) is 4.79 Å². The van der Waals surface area contributed by atoms with Crippen LogP contribution in [0.15, 0.2) is 52.6 Å². The quantitative estimate of drug-likeness (QED) is 0.354. The number of methoxy groups -OCH3 is 1. The molecule has 0 saturated heterocycles. The summed E-state index contributed by atoms with van der Waals surface area (Å²) in [6, 6.07) is 10.1. The number of primary amides is 1. The highest BCUT2D eigenvalue weighted by Crippen LogP contribution is 2.67. The highest BCUT2D eigenvalue weighted by atomic mass is 16.5. The first-order valence-corrected chi connectivity index (χ1v) is 12.9. The Bertz CT molecular complexity index is 1190. The van der Waals surface area contributed by atoms with Gasteiger partial charge in [-0.1, -0.05) is 43.7 Å². The van der Waals surface area contributed by atoms with Crippen molar-refractivity contribution in [3.63, 3.8) is 0 Å². The van der Waals surface area contributed by atoms with E-state index in [2.05, 4.69) is 32.1 Å². The van der Waals surface area contributed by atoms with Crippen LogP contribution in [0, 0.1) is 39.9 Å². The number of aliphatic hydroxyl groups is 1. The van der Waals surface area contributed by atoms with E-state index in [1.54, 1.807) is 7.11 Å². The van der Waals surface area contributed by atoms with Crippen molar-refractivity contribution in [2.45, 2.75) is 64.9 Å². The van der Waals surface area contributed by atoms with Gasteiger partial charge in [0.2, 0.25) is 0 Å². The molecule has 1 amide bonds. The summed E-state index contributed by atoms with van der Waals surface area (Å²) in [5, 5.41) is 20.3. The van der Waals surface area contributed by atoms with Gasteiger partial charge in [-0.05, 0) is 102 Å². The van der Waals surface area contributed by atoms with E-state index in [9.17, 15) is 15.2 Å². The number of aliphatic hydroxyl groups excluding tert-OH is 1. The zero-order chi connectivity index (χ0) is 25.0. The Balaban J connectivity index is 1.61. The molecule has 0 bridgehead atoms. The van der Waals surface area contributed by atoms with Gasteiger partial charge in [0.05, 0.1) is 13.2 Å². The van der Waals surface area contributed by atoms with Crippen molar-refractivity contribution in [3.8, 4) is 11.8 Å². The van der Waals surface area contributed by atoms with Crippen molar-refractivity contribution < 1.29 is 14.6 Å². The molecule has 0 aliphatic heterocycles. The minimum atomic E-state index is -0.637. The van der Waals surface area contributed by atoms with E-state index in [0.717, 1.165) is 67.4 Å². The minimum Gasteiger partial charge on any atom is -0.497 e. The van der Waals surface area contributed by atoms with Crippen LogP contribution in [0.25, 0.3) is 6.08 Å². The molecule has 3 N–H and O–H groups in total. The Hall–Kier alpha value is -2.84. The fourth-order valence-electron chi connectivity index (χ4n) is 8.10.